The molecule has 120 valence electrons. The molecule has 0 fully saturated rings. The van der Waals surface area contributed by atoms with Gasteiger partial charge >= 0.3 is 5.97 Å². The number of phenols is 1. The molecule has 0 aliphatic rings. The van der Waals surface area contributed by atoms with Crippen molar-refractivity contribution >= 4 is 45.1 Å². The third-order valence-electron chi connectivity index (χ3n) is 2.94. The molecular weight excluding hydrogens is 386 g/mol. The fourth-order valence-corrected chi connectivity index (χ4v) is 2.16. The van der Waals surface area contributed by atoms with Crippen LogP contribution < -0.4 is 5.32 Å². The van der Waals surface area contributed by atoms with Crippen molar-refractivity contribution in [3.05, 3.63) is 57.5 Å². The Labute approximate surface area is 146 Å². The first-order valence-electron chi connectivity index (χ1n) is 6.63. The van der Waals surface area contributed by atoms with Crippen LogP contribution in [0, 0.1) is 0 Å². The molecule has 0 radical (unpaired) electrons. The number of amides is 1. The van der Waals surface area contributed by atoms with Crippen molar-refractivity contribution in [3.8, 4) is 5.75 Å². The number of nitrogens with one attached hydrogen (secondary N) is 1. The molecule has 2 rings (SSSR count). The Kier molecular flexibility index (Phi) is 5.63. The molecule has 0 saturated carbocycles. The maximum atomic E-state index is 12.0. The smallest absolute Gasteiger partial charge is 0.342 e. The van der Waals surface area contributed by atoms with Gasteiger partial charge in [0.2, 0.25) is 0 Å². The van der Waals surface area contributed by atoms with Gasteiger partial charge in [0.25, 0.3) is 5.91 Å². The number of ether oxygens (including phenoxy) is 1. The van der Waals surface area contributed by atoms with Gasteiger partial charge in [0.05, 0.1) is 0 Å². The molecule has 0 spiro atoms. The lowest BCUT2D eigenvalue weighted by Gasteiger charge is -2.14. The normalized spacial score (nSPS) is 11.6. The van der Waals surface area contributed by atoms with Crippen molar-refractivity contribution in [1.29, 1.82) is 0 Å². The summed E-state index contributed by atoms with van der Waals surface area (Å²) in [5.74, 6) is -1.58. The molecular formula is C16H13BrClNO4. The number of hydrogen-bond acceptors (Lipinski definition) is 4. The highest BCUT2D eigenvalue weighted by Gasteiger charge is 2.21. The number of carbonyl (C=O) groups excluding carboxylic acids is 2. The SMILES string of the molecule is C[C@H](OC(=O)c1cc(Cl)ccc1O)C(=O)Nc1ccc(Br)cc1. The summed E-state index contributed by atoms with van der Waals surface area (Å²) in [6.45, 7) is 1.44. The van der Waals surface area contributed by atoms with Gasteiger partial charge in [-0.3, -0.25) is 4.79 Å². The first kappa shape index (κ1) is 17.3. The molecule has 0 aliphatic carbocycles. The number of anilines is 1. The molecule has 2 aromatic carbocycles. The summed E-state index contributed by atoms with van der Waals surface area (Å²) >= 11 is 9.07. The van der Waals surface area contributed by atoms with Crippen LogP contribution in [0.1, 0.15) is 17.3 Å². The van der Waals surface area contributed by atoms with E-state index in [0.29, 0.717) is 5.69 Å². The minimum absolute atomic E-state index is 0.0965. The number of aromatic hydroxyl groups is 1. The van der Waals surface area contributed by atoms with Crippen molar-refractivity contribution in [2.75, 3.05) is 5.32 Å². The van der Waals surface area contributed by atoms with E-state index in [0.717, 1.165) is 4.47 Å². The Balaban J connectivity index is 2.01. The van der Waals surface area contributed by atoms with E-state index < -0.39 is 18.0 Å². The fraction of sp³-hybridized carbons (Fsp3) is 0.125. The third kappa shape index (κ3) is 4.71. The summed E-state index contributed by atoms with van der Waals surface area (Å²) < 4.78 is 5.93. The molecule has 0 bridgehead atoms. The highest BCUT2D eigenvalue weighted by Crippen LogP contribution is 2.23. The van der Waals surface area contributed by atoms with E-state index in [-0.39, 0.29) is 16.3 Å². The van der Waals surface area contributed by atoms with Crippen molar-refractivity contribution in [2.24, 2.45) is 0 Å². The van der Waals surface area contributed by atoms with E-state index in [9.17, 15) is 14.7 Å². The van der Waals surface area contributed by atoms with E-state index in [1.165, 1.54) is 25.1 Å². The minimum Gasteiger partial charge on any atom is -0.507 e. The van der Waals surface area contributed by atoms with Crippen LogP contribution in [-0.2, 0) is 9.53 Å². The summed E-state index contributed by atoms with van der Waals surface area (Å²) in [5.41, 5.74) is 0.479. The Morgan fingerprint density at radius 2 is 1.87 bits per heavy atom. The van der Waals surface area contributed by atoms with Crippen LogP contribution in [0.3, 0.4) is 0 Å². The average Bonchev–Trinajstić information content (AvgIpc) is 2.51. The quantitative estimate of drug-likeness (QED) is 0.764. The topological polar surface area (TPSA) is 75.6 Å². The Morgan fingerprint density at radius 3 is 2.52 bits per heavy atom. The third-order valence-corrected chi connectivity index (χ3v) is 3.71. The van der Waals surface area contributed by atoms with Gasteiger partial charge in [0, 0.05) is 15.2 Å². The number of esters is 1. The van der Waals surface area contributed by atoms with Crippen LogP contribution in [0.25, 0.3) is 0 Å². The van der Waals surface area contributed by atoms with Crippen LogP contribution in [0.2, 0.25) is 5.02 Å². The van der Waals surface area contributed by atoms with Crippen LogP contribution in [-0.4, -0.2) is 23.1 Å². The Morgan fingerprint density at radius 1 is 1.22 bits per heavy atom. The van der Waals surface area contributed by atoms with Crippen LogP contribution in [0.5, 0.6) is 5.75 Å². The molecule has 2 N–H and O–H groups in total. The summed E-state index contributed by atoms with van der Waals surface area (Å²) in [5, 5.41) is 12.6. The number of halogens is 2. The Hall–Kier alpha value is -2.05. The fourth-order valence-electron chi connectivity index (χ4n) is 1.73. The number of phenolic OH excluding ortho intramolecular Hbond substituents is 1. The zero-order valence-corrected chi connectivity index (χ0v) is 14.4. The summed E-state index contributed by atoms with van der Waals surface area (Å²) in [7, 11) is 0. The second-order valence-electron chi connectivity index (χ2n) is 4.71. The largest absolute Gasteiger partial charge is 0.507 e. The highest BCUT2D eigenvalue weighted by atomic mass is 79.9. The van der Waals surface area contributed by atoms with Gasteiger partial charge in [0.1, 0.15) is 11.3 Å². The van der Waals surface area contributed by atoms with E-state index in [1.807, 2.05) is 0 Å². The predicted octanol–water partition coefficient (Wildman–Crippen LogP) is 3.99. The van der Waals surface area contributed by atoms with E-state index in [4.69, 9.17) is 16.3 Å². The van der Waals surface area contributed by atoms with Gasteiger partial charge in [-0.2, -0.15) is 0 Å². The molecule has 7 heteroatoms. The number of rotatable bonds is 4. The lowest BCUT2D eigenvalue weighted by Crippen LogP contribution is -2.30. The predicted molar refractivity (Wildman–Crippen MR) is 90.8 cm³/mol. The van der Waals surface area contributed by atoms with Gasteiger partial charge < -0.3 is 15.2 Å². The average molecular weight is 399 g/mol. The van der Waals surface area contributed by atoms with Crippen molar-refractivity contribution < 1.29 is 19.4 Å². The molecule has 0 aromatic heterocycles. The second kappa shape index (κ2) is 7.48. The monoisotopic (exact) mass is 397 g/mol. The molecule has 0 unspecified atom stereocenters. The lowest BCUT2D eigenvalue weighted by atomic mass is 10.2. The van der Waals surface area contributed by atoms with E-state index in [1.54, 1.807) is 24.3 Å². The van der Waals surface area contributed by atoms with Crippen LogP contribution >= 0.6 is 27.5 Å². The van der Waals surface area contributed by atoms with Gasteiger partial charge in [0.15, 0.2) is 6.10 Å². The molecule has 0 aliphatic heterocycles. The van der Waals surface area contributed by atoms with E-state index >= 15 is 0 Å². The van der Waals surface area contributed by atoms with Gasteiger partial charge in [-0.1, -0.05) is 27.5 Å². The van der Waals surface area contributed by atoms with Gasteiger partial charge in [-0.05, 0) is 49.4 Å². The second-order valence-corrected chi connectivity index (χ2v) is 6.06. The van der Waals surface area contributed by atoms with Gasteiger partial charge in [-0.15, -0.1) is 0 Å². The number of carbonyl (C=O) groups is 2. The summed E-state index contributed by atoms with van der Waals surface area (Å²) in [4.78, 5) is 24.0. The summed E-state index contributed by atoms with van der Waals surface area (Å²) in [6.07, 6.45) is -1.04. The van der Waals surface area contributed by atoms with Crippen molar-refractivity contribution in [1.82, 2.24) is 0 Å². The first-order chi connectivity index (χ1) is 10.9. The number of hydrogen-bond donors (Lipinski definition) is 2. The molecule has 1 amide bonds. The first-order valence-corrected chi connectivity index (χ1v) is 7.80. The molecule has 0 saturated heterocycles. The molecule has 0 heterocycles. The molecule has 1 atom stereocenters. The minimum atomic E-state index is -1.04. The Bertz CT molecular complexity index is 733. The van der Waals surface area contributed by atoms with Crippen molar-refractivity contribution in [2.45, 2.75) is 13.0 Å². The van der Waals surface area contributed by atoms with Crippen molar-refractivity contribution in [3.63, 3.8) is 0 Å². The number of benzene rings is 2. The summed E-state index contributed by atoms with van der Waals surface area (Å²) in [6, 6.07) is 11.0. The highest BCUT2D eigenvalue weighted by molar-refractivity contribution is 9.10. The molecule has 23 heavy (non-hydrogen) atoms. The van der Waals surface area contributed by atoms with Gasteiger partial charge in [-0.25, -0.2) is 4.79 Å². The zero-order chi connectivity index (χ0) is 17.0. The molecule has 5 nitrogen and oxygen atoms in total. The lowest BCUT2D eigenvalue weighted by molar-refractivity contribution is -0.123. The maximum Gasteiger partial charge on any atom is 0.342 e. The zero-order valence-electron chi connectivity index (χ0n) is 12.0. The van der Waals surface area contributed by atoms with Crippen LogP contribution in [0.15, 0.2) is 46.9 Å². The molecule has 2 aromatic rings. The maximum absolute atomic E-state index is 12.0. The van der Waals surface area contributed by atoms with Crippen LogP contribution in [0.4, 0.5) is 5.69 Å². The van der Waals surface area contributed by atoms with E-state index in [2.05, 4.69) is 21.2 Å². The standard InChI is InChI=1S/C16H13BrClNO4/c1-9(15(21)19-12-5-2-10(17)3-6-12)23-16(22)13-8-11(18)4-7-14(13)20/h2-9,20H,1H3,(H,19,21)/t9-/m0/s1.